The van der Waals surface area contributed by atoms with Gasteiger partial charge in [-0.05, 0) is 35.7 Å². The van der Waals surface area contributed by atoms with E-state index < -0.39 is 33.2 Å². The molecule has 0 aliphatic rings. The Kier molecular flexibility index (Phi) is 6.24. The minimum Gasteiger partial charge on any atom is -0.506 e. The molecule has 12 heteroatoms. The summed E-state index contributed by atoms with van der Waals surface area (Å²) in [5, 5.41) is 20.1. The van der Waals surface area contributed by atoms with Crippen LogP contribution in [-0.2, 0) is 33.2 Å². The van der Waals surface area contributed by atoms with Crippen LogP contribution in [0.3, 0.4) is 0 Å². The normalized spacial score (nSPS) is 14.7. The molecule has 0 amide bonds. The maximum Gasteiger partial charge on any atom is 0.187 e. The number of nitrogens with zero attached hydrogens (tertiary/aromatic N) is 2. The Morgan fingerprint density at radius 3 is 2.03 bits per heavy atom. The summed E-state index contributed by atoms with van der Waals surface area (Å²) in [6.07, 6.45) is 0. The molecule has 0 aliphatic heterocycles. The highest BCUT2D eigenvalue weighted by molar-refractivity contribution is 7.80. The Morgan fingerprint density at radius 2 is 1.38 bits per heavy atom. The smallest absolute Gasteiger partial charge is 0.187 e. The van der Waals surface area contributed by atoms with Gasteiger partial charge in [0.2, 0.25) is 0 Å². The van der Waals surface area contributed by atoms with Crippen molar-refractivity contribution >= 4 is 66.2 Å². The number of aromatic hydroxyl groups is 1. The van der Waals surface area contributed by atoms with Gasteiger partial charge in [0, 0.05) is 16.2 Å². The molecule has 0 aliphatic carbocycles. The van der Waals surface area contributed by atoms with Crippen LogP contribution >= 0.6 is 0 Å². The van der Waals surface area contributed by atoms with E-state index in [-0.39, 0.29) is 31.5 Å². The second-order valence-electron chi connectivity index (χ2n) is 6.53. The van der Waals surface area contributed by atoms with E-state index in [1.807, 2.05) is 0 Å². The molecule has 4 rings (SSSR count). The van der Waals surface area contributed by atoms with Gasteiger partial charge in [0.25, 0.3) is 0 Å². The highest BCUT2D eigenvalue weighted by atomic mass is 32.2. The third kappa shape index (κ3) is 4.11. The molecule has 4 aromatic carbocycles. The van der Waals surface area contributed by atoms with Crippen molar-refractivity contribution in [3.63, 3.8) is 0 Å². The number of rotatable bonds is 5. The molecule has 0 spiro atoms. The number of azo groups is 1. The summed E-state index contributed by atoms with van der Waals surface area (Å²) < 4.78 is 63.7. The van der Waals surface area contributed by atoms with E-state index in [2.05, 4.69) is 10.2 Å². The molecular weight excluding hydrogens is 476 g/mol. The fraction of sp³-hybridized carbons (Fsp3) is 0. The molecule has 164 valence electrons. The molecule has 4 aromatic rings. The minimum atomic E-state index is -2.55. The molecule has 9 nitrogen and oxygen atoms in total. The van der Waals surface area contributed by atoms with Crippen LogP contribution in [0, 0.1) is 0 Å². The quantitative estimate of drug-likeness (QED) is 0.230. The van der Waals surface area contributed by atoms with Crippen LogP contribution in [0.5, 0.6) is 5.75 Å². The second kappa shape index (κ2) is 8.94. The van der Waals surface area contributed by atoms with Gasteiger partial charge >= 0.3 is 0 Å². The van der Waals surface area contributed by atoms with Gasteiger partial charge in [-0.3, -0.25) is 0 Å². The Hall–Kier alpha value is -2.87. The van der Waals surface area contributed by atoms with Crippen LogP contribution in [0.25, 0.3) is 21.5 Å². The van der Waals surface area contributed by atoms with E-state index in [0.29, 0.717) is 21.8 Å². The van der Waals surface area contributed by atoms with Crippen LogP contribution in [0.15, 0.2) is 85.6 Å². The zero-order chi connectivity index (χ0) is 23.0. The lowest BCUT2D eigenvalue weighted by molar-refractivity contribution is 0.477. The predicted molar refractivity (Wildman–Crippen MR) is 121 cm³/mol. The topological polar surface area (TPSA) is 157 Å². The summed E-state index contributed by atoms with van der Waals surface area (Å²) in [5.74, 6) is -0.316. The van der Waals surface area contributed by atoms with Crippen molar-refractivity contribution in [1.82, 2.24) is 0 Å². The SMILES string of the molecule is O=S(O)c1cc(S(=O)O)c2c(N=Nc3ccc(S(=O)O)c4ccccc34)c(O)ccc2c1. The fourth-order valence-corrected chi connectivity index (χ4v) is 5.00. The summed E-state index contributed by atoms with van der Waals surface area (Å²) in [6.45, 7) is 0. The molecule has 32 heavy (non-hydrogen) atoms. The van der Waals surface area contributed by atoms with E-state index in [1.54, 1.807) is 24.3 Å². The first-order chi connectivity index (χ1) is 15.3. The Balaban J connectivity index is 1.95. The van der Waals surface area contributed by atoms with E-state index >= 15 is 0 Å². The monoisotopic (exact) mass is 490 g/mol. The maximum atomic E-state index is 11.9. The van der Waals surface area contributed by atoms with Crippen LogP contribution in [0.1, 0.15) is 0 Å². The van der Waals surface area contributed by atoms with Gasteiger partial charge in [0.15, 0.2) is 33.2 Å². The third-order valence-corrected chi connectivity index (χ3v) is 6.77. The number of phenols is 1. The van der Waals surface area contributed by atoms with Crippen LogP contribution in [-0.4, -0.2) is 31.4 Å². The molecule has 3 atom stereocenters. The van der Waals surface area contributed by atoms with Crippen molar-refractivity contribution in [2.24, 2.45) is 10.2 Å². The average molecular weight is 491 g/mol. The molecule has 3 unspecified atom stereocenters. The molecule has 0 heterocycles. The van der Waals surface area contributed by atoms with Gasteiger partial charge in [-0.25, -0.2) is 12.6 Å². The van der Waals surface area contributed by atoms with E-state index in [4.69, 9.17) is 0 Å². The first kappa shape index (κ1) is 22.3. The van der Waals surface area contributed by atoms with Gasteiger partial charge in [0.05, 0.1) is 20.4 Å². The highest BCUT2D eigenvalue weighted by Crippen LogP contribution is 2.41. The van der Waals surface area contributed by atoms with Crippen molar-refractivity contribution in [1.29, 1.82) is 0 Å². The minimum absolute atomic E-state index is 0.0814. The average Bonchev–Trinajstić information content (AvgIpc) is 2.77. The zero-order valence-corrected chi connectivity index (χ0v) is 18.4. The van der Waals surface area contributed by atoms with Gasteiger partial charge in [-0.15, -0.1) is 10.2 Å². The maximum absolute atomic E-state index is 11.9. The number of hydrogen-bond donors (Lipinski definition) is 4. The van der Waals surface area contributed by atoms with Crippen molar-refractivity contribution in [3.05, 3.63) is 60.7 Å². The summed E-state index contributed by atoms with van der Waals surface area (Å²) in [6, 6.07) is 14.9. The Morgan fingerprint density at radius 1 is 0.688 bits per heavy atom. The summed E-state index contributed by atoms with van der Waals surface area (Å²) >= 11 is -7.14. The first-order valence-electron chi connectivity index (χ1n) is 8.83. The molecule has 0 fully saturated rings. The second-order valence-corrected chi connectivity index (χ2v) is 9.37. The summed E-state index contributed by atoms with van der Waals surface area (Å²) in [5.41, 5.74) is 0.236. The van der Waals surface area contributed by atoms with Gasteiger partial charge in [-0.1, -0.05) is 30.3 Å². The number of fused-ring (bicyclic) bond motifs is 2. The van der Waals surface area contributed by atoms with Crippen LogP contribution in [0.4, 0.5) is 11.4 Å². The van der Waals surface area contributed by atoms with Crippen LogP contribution in [0.2, 0.25) is 0 Å². The molecule has 0 bridgehead atoms. The molecule has 0 aromatic heterocycles. The van der Waals surface area contributed by atoms with Gasteiger partial charge < -0.3 is 18.8 Å². The van der Waals surface area contributed by atoms with E-state index in [1.165, 1.54) is 30.3 Å². The van der Waals surface area contributed by atoms with Crippen molar-refractivity contribution in [2.45, 2.75) is 14.7 Å². The predicted octanol–water partition coefficient (Wildman–Crippen LogP) is 4.86. The number of phenolic OH excluding ortho intramolecular Hbond substituents is 1. The summed E-state index contributed by atoms with van der Waals surface area (Å²) in [7, 11) is 0. The van der Waals surface area contributed by atoms with Gasteiger partial charge in [0.1, 0.15) is 11.4 Å². The van der Waals surface area contributed by atoms with Gasteiger partial charge in [-0.2, -0.15) is 0 Å². The first-order valence-corrected chi connectivity index (χ1v) is 12.2. The molecule has 0 saturated heterocycles. The Bertz CT molecular complexity index is 1490. The lowest BCUT2D eigenvalue weighted by Gasteiger charge is -2.10. The fourth-order valence-electron chi connectivity index (χ4n) is 3.31. The largest absolute Gasteiger partial charge is 0.506 e. The van der Waals surface area contributed by atoms with Crippen molar-refractivity contribution in [3.8, 4) is 5.75 Å². The van der Waals surface area contributed by atoms with Crippen LogP contribution < -0.4 is 0 Å². The standard InChI is InChI=1S/C20H14N2O7S3/c23-16-7-5-11-9-12(30(24)25)10-18(32(28)29)19(11)20(16)22-21-15-6-8-17(31(26)27)14-4-2-1-3-13(14)15/h1-10,23H,(H,24,25)(H,26,27)(H,28,29). The summed E-state index contributed by atoms with van der Waals surface area (Å²) in [4.78, 5) is -0.0854. The molecule has 0 radical (unpaired) electrons. The molecule has 4 N–H and O–H groups in total. The zero-order valence-electron chi connectivity index (χ0n) is 15.9. The van der Waals surface area contributed by atoms with E-state index in [0.717, 1.165) is 6.07 Å². The molecule has 0 saturated carbocycles. The number of benzene rings is 4. The van der Waals surface area contributed by atoms with E-state index in [9.17, 15) is 31.4 Å². The Labute approximate surface area is 188 Å². The lowest BCUT2D eigenvalue weighted by Crippen LogP contribution is -1.96. The third-order valence-electron chi connectivity index (χ3n) is 4.70. The van der Waals surface area contributed by atoms with Crippen molar-refractivity contribution < 1.29 is 31.4 Å². The molecular formula is C20H14N2O7S3. The lowest BCUT2D eigenvalue weighted by atomic mass is 10.1. The highest BCUT2D eigenvalue weighted by Gasteiger charge is 2.18. The number of hydrogen-bond acceptors (Lipinski definition) is 6. The van der Waals surface area contributed by atoms with Crippen molar-refractivity contribution in [2.75, 3.05) is 0 Å².